The molecule has 0 radical (unpaired) electrons. The molecule has 0 bridgehead atoms. The molecule has 0 unspecified atom stereocenters. The van der Waals surface area contributed by atoms with Crippen molar-refractivity contribution in [1.29, 1.82) is 0 Å². The number of aromatic nitrogens is 2. The molecule has 0 saturated carbocycles. The van der Waals surface area contributed by atoms with Crippen LogP contribution in [-0.2, 0) is 14.1 Å². The average molecular weight is 666 g/mol. The summed E-state index contributed by atoms with van der Waals surface area (Å²) in [5.74, 6) is 0.319. The lowest BCUT2D eigenvalue weighted by Gasteiger charge is -2.10. The minimum absolute atomic E-state index is 0. The number of hydrogen-bond acceptors (Lipinski definition) is 5. The number of hydrogen-bond donors (Lipinski definition) is 2. The second kappa shape index (κ2) is 13.3. The number of nitrogens with one attached hydrogen (secondary N) is 1. The summed E-state index contributed by atoms with van der Waals surface area (Å²) in [5, 5.41) is 5.55. The topological polar surface area (TPSA) is 98.9 Å². The number of nitrogens with two attached hydrogens (primary N) is 1. The smallest absolute Gasteiger partial charge is 0.255 e. The maximum atomic E-state index is 12.9. The molecule has 3 aromatic carbocycles. The van der Waals surface area contributed by atoms with E-state index in [4.69, 9.17) is 15.5 Å². The molecule has 5 aromatic rings. The van der Waals surface area contributed by atoms with Gasteiger partial charge in [-0.15, -0.1) is 34.0 Å². The van der Waals surface area contributed by atoms with Crippen LogP contribution in [0.2, 0.25) is 0 Å². The molecule has 10 heteroatoms. The van der Waals surface area contributed by atoms with Crippen molar-refractivity contribution >= 4 is 73.5 Å². The molecule has 0 spiro atoms. The number of methoxy groups -OCH3 is 1. The first-order valence-corrected chi connectivity index (χ1v) is 12.1. The van der Waals surface area contributed by atoms with Gasteiger partial charge in [0.1, 0.15) is 11.4 Å². The van der Waals surface area contributed by atoms with Crippen LogP contribution in [0.3, 0.4) is 0 Å². The molecule has 3 N–H and O–H groups in total. The number of amides is 1. The highest BCUT2D eigenvalue weighted by atomic mass is 79.9. The molecule has 1 amide bonds. The Morgan fingerprint density at radius 2 is 1.57 bits per heavy atom. The molecule has 0 aliphatic carbocycles. The number of ether oxygens (including phenoxy) is 1. The van der Waals surface area contributed by atoms with Crippen molar-refractivity contribution in [3.05, 3.63) is 114 Å². The SMILES string of the molecule is Br.Br.COc1cc(NC(=O)c2ccc(N=c3ccn(C)cc3)cc2)ccc1N=c1ccn(C)c2cc(N)ccc12. The predicted octanol–water partition coefficient (Wildman–Crippen LogP) is 5.98. The third-order valence-corrected chi connectivity index (χ3v) is 6.16. The number of carbonyl (C=O) groups excluding carboxylic acids is 1. The fourth-order valence-corrected chi connectivity index (χ4v) is 4.09. The Kier molecular flexibility index (Phi) is 10.1. The van der Waals surface area contributed by atoms with Gasteiger partial charge < -0.3 is 24.9 Å². The highest BCUT2D eigenvalue weighted by Gasteiger charge is 2.10. The van der Waals surface area contributed by atoms with Gasteiger partial charge in [0, 0.05) is 61.1 Å². The number of aryl methyl sites for hydroxylation is 2. The Hall–Kier alpha value is -4.15. The lowest BCUT2D eigenvalue weighted by atomic mass is 10.1. The summed E-state index contributed by atoms with van der Waals surface area (Å²) < 4.78 is 9.55. The molecule has 0 fully saturated rings. The second-order valence-electron chi connectivity index (χ2n) is 8.92. The number of benzene rings is 3. The van der Waals surface area contributed by atoms with Gasteiger partial charge >= 0.3 is 0 Å². The normalized spacial score (nSPS) is 10.8. The Labute approximate surface area is 253 Å². The van der Waals surface area contributed by atoms with Crippen LogP contribution in [0.4, 0.5) is 22.7 Å². The molecule has 0 aliphatic rings. The Morgan fingerprint density at radius 1 is 0.850 bits per heavy atom. The summed E-state index contributed by atoms with van der Waals surface area (Å²) in [7, 11) is 5.50. The van der Waals surface area contributed by atoms with Crippen LogP contribution in [-0.4, -0.2) is 22.2 Å². The fourth-order valence-electron chi connectivity index (χ4n) is 4.09. The van der Waals surface area contributed by atoms with Crippen LogP contribution in [0.1, 0.15) is 10.4 Å². The van der Waals surface area contributed by atoms with E-state index < -0.39 is 0 Å². The van der Waals surface area contributed by atoms with E-state index >= 15 is 0 Å². The lowest BCUT2D eigenvalue weighted by molar-refractivity contribution is 0.102. The molecule has 5 rings (SSSR count). The Balaban J connectivity index is 0.00000220. The van der Waals surface area contributed by atoms with E-state index in [-0.39, 0.29) is 39.9 Å². The predicted molar refractivity (Wildman–Crippen MR) is 171 cm³/mol. The molecular formula is C30H30Br2N6O2. The van der Waals surface area contributed by atoms with Gasteiger partial charge in [-0.2, -0.15) is 0 Å². The van der Waals surface area contributed by atoms with Gasteiger partial charge in [0.2, 0.25) is 0 Å². The first-order chi connectivity index (χ1) is 18.4. The third kappa shape index (κ3) is 6.88. The number of fused-ring (bicyclic) bond motifs is 1. The average Bonchev–Trinajstić information content (AvgIpc) is 2.92. The van der Waals surface area contributed by atoms with Crippen LogP contribution >= 0.6 is 34.0 Å². The molecule has 0 aliphatic heterocycles. The van der Waals surface area contributed by atoms with Gasteiger partial charge in [0.05, 0.1) is 29.0 Å². The van der Waals surface area contributed by atoms with Crippen LogP contribution in [0, 0.1) is 0 Å². The summed E-state index contributed by atoms with van der Waals surface area (Å²) in [6.45, 7) is 0. The molecule has 2 heterocycles. The number of nitrogen functional groups attached to an aromatic ring is 1. The van der Waals surface area contributed by atoms with Crippen molar-refractivity contribution in [2.24, 2.45) is 24.1 Å². The summed E-state index contributed by atoms with van der Waals surface area (Å²) >= 11 is 0. The summed E-state index contributed by atoms with van der Waals surface area (Å²) in [4.78, 5) is 22.3. The van der Waals surface area contributed by atoms with Crippen molar-refractivity contribution in [1.82, 2.24) is 9.13 Å². The van der Waals surface area contributed by atoms with Crippen LogP contribution in [0.5, 0.6) is 5.75 Å². The monoisotopic (exact) mass is 664 g/mol. The number of nitrogens with zero attached hydrogens (tertiary/aromatic N) is 4. The van der Waals surface area contributed by atoms with E-state index in [2.05, 4.69) is 10.3 Å². The number of rotatable bonds is 5. The van der Waals surface area contributed by atoms with Gasteiger partial charge in [-0.3, -0.25) is 4.79 Å². The fraction of sp³-hybridized carbons (Fsp3) is 0.100. The molecular weight excluding hydrogens is 636 g/mol. The molecule has 206 valence electrons. The standard InChI is InChI=1S/C30H28N6O2.2BrH/c1-35-15-12-23(13-16-35)32-22-7-4-20(5-8-22)30(37)33-24-9-11-27(29(19-24)38-3)34-26-14-17-36(2)28-18-21(31)6-10-25(26)28;;/h4-19H,31H2,1-3H3,(H,33,37);2*1H. The van der Waals surface area contributed by atoms with Crippen molar-refractivity contribution in [2.45, 2.75) is 0 Å². The van der Waals surface area contributed by atoms with Crippen LogP contribution in [0.25, 0.3) is 10.9 Å². The number of pyridine rings is 2. The van der Waals surface area contributed by atoms with E-state index in [0.29, 0.717) is 28.4 Å². The van der Waals surface area contributed by atoms with E-state index in [0.717, 1.165) is 27.3 Å². The van der Waals surface area contributed by atoms with E-state index in [9.17, 15) is 4.79 Å². The van der Waals surface area contributed by atoms with Crippen molar-refractivity contribution in [3.8, 4) is 5.75 Å². The van der Waals surface area contributed by atoms with Gasteiger partial charge in [0.25, 0.3) is 5.91 Å². The van der Waals surface area contributed by atoms with Crippen molar-refractivity contribution < 1.29 is 9.53 Å². The Morgan fingerprint density at radius 3 is 2.27 bits per heavy atom. The zero-order valence-electron chi connectivity index (χ0n) is 22.2. The summed E-state index contributed by atoms with van der Waals surface area (Å²) in [5.41, 5.74) is 10.2. The maximum Gasteiger partial charge on any atom is 0.255 e. The van der Waals surface area contributed by atoms with E-state index in [1.165, 1.54) is 0 Å². The third-order valence-electron chi connectivity index (χ3n) is 6.16. The van der Waals surface area contributed by atoms with E-state index in [1.54, 1.807) is 25.3 Å². The summed E-state index contributed by atoms with van der Waals surface area (Å²) in [6.07, 6.45) is 5.82. The molecule has 40 heavy (non-hydrogen) atoms. The minimum atomic E-state index is -0.228. The first-order valence-electron chi connectivity index (χ1n) is 12.1. The van der Waals surface area contributed by atoms with E-state index in [1.807, 2.05) is 102 Å². The highest BCUT2D eigenvalue weighted by molar-refractivity contribution is 8.93. The minimum Gasteiger partial charge on any atom is -0.494 e. The number of carbonyl (C=O) groups is 1. The number of halogens is 2. The lowest BCUT2D eigenvalue weighted by Crippen LogP contribution is -2.11. The van der Waals surface area contributed by atoms with Crippen molar-refractivity contribution in [2.75, 3.05) is 18.2 Å². The van der Waals surface area contributed by atoms with Gasteiger partial charge in [-0.05, 0) is 72.8 Å². The van der Waals surface area contributed by atoms with Gasteiger partial charge in [0.15, 0.2) is 0 Å². The maximum absolute atomic E-state index is 12.9. The van der Waals surface area contributed by atoms with Crippen LogP contribution < -0.4 is 26.5 Å². The highest BCUT2D eigenvalue weighted by Crippen LogP contribution is 2.30. The molecule has 2 aromatic heterocycles. The van der Waals surface area contributed by atoms with Crippen molar-refractivity contribution in [3.63, 3.8) is 0 Å². The quantitative estimate of drug-likeness (QED) is 0.226. The first kappa shape index (κ1) is 30.4. The van der Waals surface area contributed by atoms with Gasteiger partial charge in [-0.25, -0.2) is 9.98 Å². The summed E-state index contributed by atoms with van der Waals surface area (Å²) in [6, 6.07) is 24.1. The zero-order chi connectivity index (χ0) is 26.6. The van der Waals surface area contributed by atoms with Gasteiger partial charge in [-0.1, -0.05) is 0 Å². The Bertz CT molecular complexity index is 1770. The molecule has 0 atom stereocenters. The molecule has 0 saturated heterocycles. The second-order valence-corrected chi connectivity index (χ2v) is 8.92. The molecule has 8 nitrogen and oxygen atoms in total. The zero-order valence-corrected chi connectivity index (χ0v) is 25.7. The largest absolute Gasteiger partial charge is 0.494 e. The number of anilines is 2. The van der Waals surface area contributed by atoms with Crippen LogP contribution in [0.15, 0.2) is 107 Å².